The van der Waals surface area contributed by atoms with E-state index in [1.54, 1.807) is 6.07 Å². The number of halogens is 1. The van der Waals surface area contributed by atoms with Gasteiger partial charge in [-0.25, -0.2) is 5.14 Å². The quantitative estimate of drug-likeness (QED) is 0.636. The van der Waals surface area contributed by atoms with Gasteiger partial charge in [0.15, 0.2) is 0 Å². The summed E-state index contributed by atoms with van der Waals surface area (Å²) in [6.07, 6.45) is 0. The molecule has 1 rings (SSSR count). The molecule has 0 heterocycles. The predicted octanol–water partition coefficient (Wildman–Crippen LogP) is 0.538. The third kappa shape index (κ3) is 3.10. The Hall–Kier alpha value is -0.980. The van der Waals surface area contributed by atoms with Crippen LogP contribution in [0.4, 0.5) is 11.4 Å². The maximum Gasteiger partial charge on any atom is 0.296 e. The second-order valence-electron chi connectivity index (χ2n) is 2.38. The summed E-state index contributed by atoms with van der Waals surface area (Å²) in [5.74, 6) is 0. The number of anilines is 2. The molecule has 1 aromatic carbocycles. The molecule has 72 valence electrons. The van der Waals surface area contributed by atoms with Crippen LogP contribution in [-0.2, 0) is 10.2 Å². The Morgan fingerprint density at radius 2 is 2.00 bits per heavy atom. The van der Waals surface area contributed by atoms with E-state index in [1.807, 2.05) is 4.72 Å². The maximum atomic E-state index is 10.6. The summed E-state index contributed by atoms with van der Waals surface area (Å²) < 4.78 is 23.3. The van der Waals surface area contributed by atoms with E-state index in [-0.39, 0.29) is 11.4 Å². The van der Waals surface area contributed by atoms with Gasteiger partial charge in [0, 0.05) is 5.02 Å². The lowest BCUT2D eigenvalue weighted by Gasteiger charge is -2.06. The Balaban J connectivity index is 3.08. The highest BCUT2D eigenvalue weighted by molar-refractivity contribution is 7.90. The van der Waals surface area contributed by atoms with E-state index in [0.29, 0.717) is 5.02 Å². The van der Waals surface area contributed by atoms with Gasteiger partial charge in [-0.15, -0.1) is 0 Å². The van der Waals surface area contributed by atoms with Crippen LogP contribution in [-0.4, -0.2) is 8.42 Å². The maximum absolute atomic E-state index is 10.6. The van der Waals surface area contributed by atoms with E-state index >= 15 is 0 Å². The zero-order valence-corrected chi connectivity index (χ0v) is 8.06. The lowest BCUT2D eigenvalue weighted by Crippen LogP contribution is -2.22. The smallest absolute Gasteiger partial charge is 0.296 e. The molecule has 0 radical (unpaired) electrons. The molecule has 5 N–H and O–H groups in total. The van der Waals surface area contributed by atoms with Crippen LogP contribution >= 0.6 is 11.6 Å². The van der Waals surface area contributed by atoms with Crippen molar-refractivity contribution < 1.29 is 8.42 Å². The molecule has 1 aromatic rings. The van der Waals surface area contributed by atoms with Crippen LogP contribution in [0, 0.1) is 0 Å². The molecule has 0 atom stereocenters. The number of hydrogen-bond acceptors (Lipinski definition) is 3. The Bertz CT molecular complexity index is 418. The summed E-state index contributed by atoms with van der Waals surface area (Å²) in [5, 5.41) is 5.12. The second kappa shape index (κ2) is 3.41. The molecule has 0 saturated heterocycles. The molecule has 0 fully saturated rings. The number of nitrogens with one attached hydrogen (secondary N) is 1. The predicted molar refractivity (Wildman–Crippen MR) is 52.6 cm³/mol. The molecule has 7 heteroatoms. The highest BCUT2D eigenvalue weighted by atomic mass is 35.5. The molecule has 0 amide bonds. The molecule has 0 spiro atoms. The van der Waals surface area contributed by atoms with E-state index < -0.39 is 10.2 Å². The number of nitrogens with two attached hydrogens (primary N) is 2. The van der Waals surface area contributed by atoms with Gasteiger partial charge in [0.25, 0.3) is 10.2 Å². The van der Waals surface area contributed by atoms with Crippen molar-refractivity contribution in [3.05, 3.63) is 23.2 Å². The summed E-state index contributed by atoms with van der Waals surface area (Å²) in [4.78, 5) is 0. The van der Waals surface area contributed by atoms with Crippen molar-refractivity contribution in [2.24, 2.45) is 5.14 Å². The molecular weight excluding hydrogens is 214 g/mol. The van der Waals surface area contributed by atoms with Gasteiger partial charge in [-0.3, -0.25) is 4.72 Å². The van der Waals surface area contributed by atoms with Crippen LogP contribution in [0.1, 0.15) is 0 Å². The lowest BCUT2D eigenvalue weighted by molar-refractivity contribution is 0.603. The Kier molecular flexibility index (Phi) is 2.65. The molecule has 0 unspecified atom stereocenters. The number of nitrogen functional groups attached to an aromatic ring is 1. The minimum absolute atomic E-state index is 0.176. The molecular formula is C6H8ClN3O2S. The monoisotopic (exact) mass is 221 g/mol. The summed E-state index contributed by atoms with van der Waals surface area (Å²) in [5.41, 5.74) is 5.89. The van der Waals surface area contributed by atoms with E-state index in [9.17, 15) is 8.42 Å². The van der Waals surface area contributed by atoms with Crippen LogP contribution in [0.3, 0.4) is 0 Å². The van der Waals surface area contributed by atoms with Crippen LogP contribution in [0.5, 0.6) is 0 Å². The van der Waals surface area contributed by atoms with Crippen molar-refractivity contribution in [2.45, 2.75) is 0 Å². The first-order valence-electron chi connectivity index (χ1n) is 3.24. The van der Waals surface area contributed by atoms with Crippen molar-refractivity contribution in [1.29, 1.82) is 0 Å². The van der Waals surface area contributed by atoms with Crippen molar-refractivity contribution in [1.82, 2.24) is 0 Å². The molecule has 0 saturated carbocycles. The summed E-state index contributed by atoms with van der Waals surface area (Å²) in [6.45, 7) is 0. The highest BCUT2D eigenvalue weighted by Crippen LogP contribution is 2.23. The van der Waals surface area contributed by atoms with Gasteiger partial charge in [-0.05, 0) is 18.2 Å². The van der Waals surface area contributed by atoms with E-state index in [4.69, 9.17) is 22.5 Å². The van der Waals surface area contributed by atoms with Crippen molar-refractivity contribution >= 4 is 33.2 Å². The molecule has 0 aliphatic rings. The van der Waals surface area contributed by atoms with Crippen LogP contribution in [0.25, 0.3) is 0 Å². The average Bonchev–Trinajstić information content (AvgIpc) is 1.94. The van der Waals surface area contributed by atoms with Gasteiger partial charge < -0.3 is 5.73 Å². The van der Waals surface area contributed by atoms with Gasteiger partial charge >= 0.3 is 0 Å². The van der Waals surface area contributed by atoms with Crippen LogP contribution in [0.2, 0.25) is 5.02 Å². The van der Waals surface area contributed by atoms with Gasteiger partial charge in [0.05, 0.1) is 11.4 Å². The topological polar surface area (TPSA) is 98.2 Å². The summed E-state index contributed by atoms with van der Waals surface area (Å²) in [6, 6.07) is 4.41. The van der Waals surface area contributed by atoms with E-state index in [0.717, 1.165) is 0 Å². The zero-order valence-electron chi connectivity index (χ0n) is 6.49. The van der Waals surface area contributed by atoms with Gasteiger partial charge in [-0.1, -0.05) is 11.6 Å². The van der Waals surface area contributed by atoms with Crippen LogP contribution < -0.4 is 15.6 Å². The number of hydrogen-bond donors (Lipinski definition) is 3. The first kappa shape index (κ1) is 10.1. The Morgan fingerprint density at radius 3 is 2.54 bits per heavy atom. The zero-order chi connectivity index (χ0) is 10.1. The fourth-order valence-electron chi connectivity index (χ4n) is 0.770. The largest absolute Gasteiger partial charge is 0.397 e. The van der Waals surface area contributed by atoms with Crippen molar-refractivity contribution in [3.8, 4) is 0 Å². The second-order valence-corrected chi connectivity index (χ2v) is 4.11. The van der Waals surface area contributed by atoms with E-state index in [2.05, 4.69) is 0 Å². The van der Waals surface area contributed by atoms with Crippen molar-refractivity contribution in [3.63, 3.8) is 0 Å². The minimum atomic E-state index is -3.81. The highest BCUT2D eigenvalue weighted by Gasteiger charge is 2.05. The lowest BCUT2D eigenvalue weighted by atomic mass is 10.3. The Labute approximate surface area is 80.9 Å². The third-order valence-electron chi connectivity index (χ3n) is 1.27. The normalized spacial score (nSPS) is 11.2. The first-order valence-corrected chi connectivity index (χ1v) is 5.16. The molecule has 0 bridgehead atoms. The molecule has 0 aromatic heterocycles. The molecule has 0 aliphatic carbocycles. The van der Waals surface area contributed by atoms with Crippen LogP contribution in [0.15, 0.2) is 18.2 Å². The van der Waals surface area contributed by atoms with Gasteiger partial charge in [0.2, 0.25) is 0 Å². The first-order chi connectivity index (χ1) is 5.88. The molecule has 0 aliphatic heterocycles. The SMILES string of the molecule is Nc1ccc(Cl)cc1NS(N)(=O)=O. The standard InChI is InChI=1S/C6H8ClN3O2S/c7-4-1-2-5(8)6(3-4)10-13(9,11)12/h1-3,10H,8H2,(H2,9,11,12). The van der Waals surface area contributed by atoms with Gasteiger partial charge in [-0.2, -0.15) is 8.42 Å². The van der Waals surface area contributed by atoms with E-state index in [1.165, 1.54) is 12.1 Å². The van der Waals surface area contributed by atoms with Crippen molar-refractivity contribution in [2.75, 3.05) is 10.5 Å². The summed E-state index contributed by atoms with van der Waals surface area (Å²) >= 11 is 5.61. The van der Waals surface area contributed by atoms with Gasteiger partial charge in [0.1, 0.15) is 0 Å². The fraction of sp³-hybridized carbons (Fsp3) is 0. The number of rotatable bonds is 2. The molecule has 5 nitrogen and oxygen atoms in total. The Morgan fingerprint density at radius 1 is 1.38 bits per heavy atom. The minimum Gasteiger partial charge on any atom is -0.397 e. The molecule has 13 heavy (non-hydrogen) atoms. The summed E-state index contributed by atoms with van der Waals surface area (Å²) in [7, 11) is -3.81. The number of benzene rings is 1. The average molecular weight is 222 g/mol. The third-order valence-corrected chi connectivity index (χ3v) is 2.01. The fourth-order valence-corrected chi connectivity index (χ4v) is 1.43.